The van der Waals surface area contributed by atoms with Crippen molar-refractivity contribution in [3.8, 4) is 11.3 Å². The molecule has 40 heavy (non-hydrogen) atoms. The van der Waals surface area contributed by atoms with E-state index < -0.39 is 10.2 Å². The van der Waals surface area contributed by atoms with Gasteiger partial charge in [0.1, 0.15) is 0 Å². The van der Waals surface area contributed by atoms with Gasteiger partial charge in [0.25, 0.3) is 11.6 Å². The van der Waals surface area contributed by atoms with Crippen molar-refractivity contribution in [3.05, 3.63) is 112 Å². The molecule has 0 saturated heterocycles. The SMILES string of the molecule is CCC(Sc1cccc(NC(=O)c2ccc3ccccc3c2)c1)C(=O)Nc1nc(-c2cccc([N+](=O)[O-])c2)cs1. The maximum atomic E-state index is 13.1. The summed E-state index contributed by atoms with van der Waals surface area (Å²) in [5, 5.41) is 20.7. The first-order chi connectivity index (χ1) is 19.4. The van der Waals surface area contributed by atoms with Crippen LogP contribution in [0.3, 0.4) is 0 Å². The molecule has 200 valence electrons. The maximum Gasteiger partial charge on any atom is 0.270 e. The van der Waals surface area contributed by atoms with Crippen molar-refractivity contribution in [2.45, 2.75) is 23.5 Å². The molecule has 1 heterocycles. The zero-order valence-electron chi connectivity index (χ0n) is 21.4. The van der Waals surface area contributed by atoms with Gasteiger partial charge < -0.3 is 10.6 Å². The normalized spacial score (nSPS) is 11.6. The van der Waals surface area contributed by atoms with Gasteiger partial charge in [-0.15, -0.1) is 23.1 Å². The number of hydrogen-bond acceptors (Lipinski definition) is 7. The lowest BCUT2D eigenvalue weighted by Crippen LogP contribution is -2.24. The number of nitrogens with zero attached hydrogens (tertiary/aromatic N) is 2. The second kappa shape index (κ2) is 12.1. The second-order valence-corrected chi connectivity index (χ2v) is 11.0. The van der Waals surface area contributed by atoms with E-state index >= 15 is 0 Å². The Bertz CT molecular complexity index is 1720. The summed E-state index contributed by atoms with van der Waals surface area (Å²) in [6.07, 6.45) is 0.577. The number of anilines is 2. The van der Waals surface area contributed by atoms with Crippen molar-refractivity contribution in [1.29, 1.82) is 0 Å². The van der Waals surface area contributed by atoms with E-state index in [1.54, 1.807) is 23.6 Å². The first-order valence-corrected chi connectivity index (χ1v) is 14.2. The number of thiazole rings is 1. The molecule has 0 bridgehead atoms. The van der Waals surface area contributed by atoms with Crippen LogP contribution in [0, 0.1) is 10.1 Å². The van der Waals surface area contributed by atoms with Gasteiger partial charge in [-0.25, -0.2) is 4.98 Å². The number of aromatic nitrogens is 1. The molecular formula is C30H24N4O4S2. The number of amides is 2. The highest BCUT2D eigenvalue weighted by Crippen LogP contribution is 2.31. The maximum absolute atomic E-state index is 13.1. The first kappa shape index (κ1) is 27.0. The molecule has 1 aromatic heterocycles. The Morgan fingerprint density at radius 3 is 2.55 bits per heavy atom. The Morgan fingerprint density at radius 1 is 0.950 bits per heavy atom. The third-order valence-electron chi connectivity index (χ3n) is 6.13. The zero-order chi connectivity index (χ0) is 28.1. The van der Waals surface area contributed by atoms with Crippen molar-refractivity contribution in [2.75, 3.05) is 10.6 Å². The predicted molar refractivity (Wildman–Crippen MR) is 161 cm³/mol. The van der Waals surface area contributed by atoms with Crippen molar-refractivity contribution in [1.82, 2.24) is 4.98 Å². The zero-order valence-corrected chi connectivity index (χ0v) is 23.0. The minimum Gasteiger partial charge on any atom is -0.322 e. The number of non-ortho nitro benzene ring substituents is 1. The van der Waals surface area contributed by atoms with Gasteiger partial charge in [-0.3, -0.25) is 19.7 Å². The smallest absolute Gasteiger partial charge is 0.270 e. The van der Waals surface area contributed by atoms with E-state index in [-0.39, 0.29) is 17.5 Å². The molecule has 0 aliphatic carbocycles. The lowest BCUT2D eigenvalue weighted by Gasteiger charge is -2.14. The number of thioether (sulfide) groups is 1. The summed E-state index contributed by atoms with van der Waals surface area (Å²) < 4.78 is 0. The van der Waals surface area contributed by atoms with Crippen LogP contribution in [0.25, 0.3) is 22.0 Å². The summed E-state index contributed by atoms with van der Waals surface area (Å²) in [5.41, 5.74) is 2.35. The number of nitrogens with one attached hydrogen (secondary N) is 2. The summed E-state index contributed by atoms with van der Waals surface area (Å²) in [6.45, 7) is 1.93. The van der Waals surface area contributed by atoms with E-state index in [0.29, 0.717) is 34.1 Å². The fourth-order valence-electron chi connectivity index (χ4n) is 4.10. The van der Waals surface area contributed by atoms with Crippen LogP contribution >= 0.6 is 23.1 Å². The van der Waals surface area contributed by atoms with Crippen LogP contribution in [-0.2, 0) is 4.79 Å². The molecule has 2 amide bonds. The number of benzene rings is 4. The average molecular weight is 569 g/mol. The number of carbonyl (C=O) groups is 2. The van der Waals surface area contributed by atoms with Gasteiger partial charge in [0.05, 0.1) is 15.9 Å². The van der Waals surface area contributed by atoms with Gasteiger partial charge in [-0.1, -0.05) is 55.5 Å². The van der Waals surface area contributed by atoms with Gasteiger partial charge in [0.15, 0.2) is 5.13 Å². The second-order valence-electron chi connectivity index (χ2n) is 8.89. The van der Waals surface area contributed by atoms with Crippen molar-refractivity contribution in [3.63, 3.8) is 0 Å². The van der Waals surface area contributed by atoms with E-state index in [1.165, 1.54) is 35.2 Å². The number of rotatable bonds is 9. The molecule has 2 N–H and O–H groups in total. The molecule has 0 saturated carbocycles. The van der Waals surface area contributed by atoms with Crippen LogP contribution in [0.1, 0.15) is 23.7 Å². The summed E-state index contributed by atoms with van der Waals surface area (Å²) in [4.78, 5) is 41.9. The Hall–Kier alpha value is -4.54. The van der Waals surface area contributed by atoms with Crippen molar-refractivity contribution >= 4 is 62.2 Å². The van der Waals surface area contributed by atoms with Gasteiger partial charge in [-0.2, -0.15) is 0 Å². The number of nitro groups is 1. The molecule has 0 radical (unpaired) electrons. The quantitative estimate of drug-likeness (QED) is 0.107. The van der Waals surface area contributed by atoms with E-state index in [2.05, 4.69) is 15.6 Å². The van der Waals surface area contributed by atoms with Crippen LogP contribution < -0.4 is 10.6 Å². The van der Waals surface area contributed by atoms with Crippen LogP contribution in [0.4, 0.5) is 16.5 Å². The molecule has 10 heteroatoms. The van der Waals surface area contributed by atoms with E-state index in [9.17, 15) is 19.7 Å². The highest BCUT2D eigenvalue weighted by Gasteiger charge is 2.20. The average Bonchev–Trinajstić information content (AvgIpc) is 3.44. The molecule has 8 nitrogen and oxygen atoms in total. The van der Waals surface area contributed by atoms with Crippen LogP contribution in [-0.4, -0.2) is 27.0 Å². The van der Waals surface area contributed by atoms with Crippen molar-refractivity contribution < 1.29 is 14.5 Å². The summed E-state index contributed by atoms with van der Waals surface area (Å²) >= 11 is 2.66. The highest BCUT2D eigenvalue weighted by molar-refractivity contribution is 8.00. The third-order valence-corrected chi connectivity index (χ3v) is 8.25. The van der Waals surface area contributed by atoms with Gasteiger partial charge in [0, 0.05) is 39.2 Å². The summed E-state index contributed by atoms with van der Waals surface area (Å²) in [6, 6.07) is 27.1. The Kier molecular flexibility index (Phi) is 8.18. The molecule has 4 aromatic carbocycles. The van der Waals surface area contributed by atoms with Crippen LogP contribution in [0.15, 0.2) is 101 Å². The Balaban J connectivity index is 1.23. The molecule has 1 atom stereocenters. The van der Waals surface area contributed by atoms with E-state index in [1.807, 2.05) is 67.6 Å². The Labute approximate surface area is 238 Å². The van der Waals surface area contributed by atoms with Crippen LogP contribution in [0.2, 0.25) is 0 Å². The molecule has 5 aromatic rings. The minimum absolute atomic E-state index is 0.0192. The lowest BCUT2D eigenvalue weighted by molar-refractivity contribution is -0.384. The number of fused-ring (bicyclic) bond motifs is 1. The molecule has 5 rings (SSSR count). The van der Waals surface area contributed by atoms with Gasteiger partial charge >= 0.3 is 0 Å². The molecular weight excluding hydrogens is 544 g/mol. The summed E-state index contributed by atoms with van der Waals surface area (Å²) in [7, 11) is 0. The molecule has 1 unspecified atom stereocenters. The molecule has 0 aliphatic heterocycles. The number of nitro benzene ring substituents is 1. The standard InChI is InChI=1S/C30H24N4O4S2/c1-2-27(29(36)33-30-32-26(18-39-30)21-9-5-11-24(16-21)34(37)38)40-25-12-6-10-23(17-25)31-28(35)22-14-13-19-7-3-4-8-20(19)15-22/h3-18,27H,2H2,1H3,(H,31,35)(H,32,33,36). The summed E-state index contributed by atoms with van der Waals surface area (Å²) in [5.74, 6) is -0.404. The topological polar surface area (TPSA) is 114 Å². The largest absolute Gasteiger partial charge is 0.322 e. The minimum atomic E-state index is -0.453. The fourth-order valence-corrected chi connectivity index (χ4v) is 5.83. The number of carbonyl (C=O) groups excluding carboxylic acids is 2. The van der Waals surface area contributed by atoms with Crippen LogP contribution in [0.5, 0.6) is 0 Å². The third kappa shape index (κ3) is 6.36. The molecule has 0 fully saturated rings. The molecule has 0 aliphatic rings. The fraction of sp³-hybridized carbons (Fsp3) is 0.100. The number of hydrogen-bond donors (Lipinski definition) is 2. The van der Waals surface area contributed by atoms with E-state index in [4.69, 9.17) is 0 Å². The Morgan fingerprint density at radius 2 is 1.75 bits per heavy atom. The first-order valence-electron chi connectivity index (χ1n) is 12.5. The molecule has 0 spiro atoms. The predicted octanol–water partition coefficient (Wildman–Crippen LogP) is 7.63. The van der Waals surface area contributed by atoms with Crippen molar-refractivity contribution in [2.24, 2.45) is 0 Å². The highest BCUT2D eigenvalue weighted by atomic mass is 32.2. The van der Waals surface area contributed by atoms with Gasteiger partial charge in [0.2, 0.25) is 5.91 Å². The van der Waals surface area contributed by atoms with E-state index in [0.717, 1.165) is 15.7 Å². The van der Waals surface area contributed by atoms with Gasteiger partial charge in [-0.05, 0) is 47.5 Å². The lowest BCUT2D eigenvalue weighted by atomic mass is 10.1. The monoisotopic (exact) mass is 568 g/mol.